The molecule has 0 aromatic carbocycles. The van der Waals surface area contributed by atoms with Gasteiger partial charge in [-0.3, -0.25) is 0 Å². The van der Waals surface area contributed by atoms with Crippen LogP contribution in [0.3, 0.4) is 0 Å². The number of rotatable bonds is 1. The van der Waals surface area contributed by atoms with E-state index in [4.69, 9.17) is 0 Å². The van der Waals surface area contributed by atoms with Gasteiger partial charge in [0.05, 0.1) is 9.73 Å². The van der Waals surface area contributed by atoms with E-state index >= 15 is 0 Å². The summed E-state index contributed by atoms with van der Waals surface area (Å²) in [5, 5.41) is 0.0783. The molecular formula is C12H19N2OSY-. The molecule has 5 heteroatoms. The second-order valence-electron chi connectivity index (χ2n) is 3.43. The minimum Gasteiger partial charge on any atom is -0.394 e. The van der Waals surface area contributed by atoms with E-state index in [2.05, 4.69) is 15.5 Å². The van der Waals surface area contributed by atoms with Crippen LogP contribution in [0.5, 0.6) is 0 Å². The number of hydrogen-bond acceptors (Lipinski definition) is 3. The maximum absolute atomic E-state index is 12.3. The van der Waals surface area contributed by atoms with Crippen LogP contribution < -0.4 is 0 Å². The van der Waals surface area contributed by atoms with Gasteiger partial charge in [0.15, 0.2) is 0 Å². The van der Waals surface area contributed by atoms with Crippen LogP contribution in [0.15, 0.2) is 22.7 Å². The third-order valence-electron chi connectivity index (χ3n) is 2.67. The molecule has 2 heterocycles. The summed E-state index contributed by atoms with van der Waals surface area (Å²) >= 11 is 0. The normalized spacial score (nSPS) is 26.4. The molecule has 93 valence electrons. The number of nitrogens with zero attached hydrogens (tertiary/aromatic N) is 2. The zero-order valence-corrected chi connectivity index (χ0v) is 14.4. The standard InChI is InChI=1S/C10H13N2OS.C2H6.Y/c1-11-14(13)7-3-5-10(14)9-4-2-6-12-8-9;1-2;/h2,4,8,10H,3,5,7H2,1H3;1-2H3;/q-1;;. The van der Waals surface area contributed by atoms with Gasteiger partial charge in [-0.25, -0.2) is 8.57 Å². The van der Waals surface area contributed by atoms with Crippen molar-refractivity contribution in [1.82, 2.24) is 4.98 Å². The summed E-state index contributed by atoms with van der Waals surface area (Å²) in [6.45, 7) is 4.00. The molecule has 2 atom stereocenters. The van der Waals surface area contributed by atoms with E-state index < -0.39 is 9.73 Å². The van der Waals surface area contributed by atoms with Gasteiger partial charge in [0, 0.05) is 50.8 Å². The summed E-state index contributed by atoms with van der Waals surface area (Å²) in [6, 6.07) is 3.71. The van der Waals surface area contributed by atoms with E-state index in [1.54, 1.807) is 19.3 Å². The minimum atomic E-state index is -2.01. The molecule has 0 saturated carbocycles. The monoisotopic (exact) mass is 328 g/mol. The summed E-state index contributed by atoms with van der Waals surface area (Å²) in [4.78, 5) is 3.94. The fraction of sp³-hybridized carbons (Fsp3) is 0.583. The Kier molecular flexibility index (Phi) is 8.43. The largest absolute Gasteiger partial charge is 0.394 e. The predicted molar refractivity (Wildman–Crippen MR) is 67.8 cm³/mol. The molecule has 3 nitrogen and oxygen atoms in total. The molecule has 17 heavy (non-hydrogen) atoms. The molecule has 1 aliphatic rings. The maximum Gasteiger partial charge on any atom is 0.0516 e. The third kappa shape index (κ3) is 4.11. The smallest absolute Gasteiger partial charge is 0.0516 e. The van der Waals surface area contributed by atoms with Gasteiger partial charge in [-0.05, 0) is 12.8 Å². The van der Waals surface area contributed by atoms with Crippen LogP contribution in [0.1, 0.15) is 37.5 Å². The van der Waals surface area contributed by atoms with Gasteiger partial charge >= 0.3 is 0 Å². The van der Waals surface area contributed by atoms with Gasteiger partial charge in [-0.2, -0.15) is 12.1 Å². The summed E-state index contributed by atoms with van der Waals surface area (Å²) in [6.07, 6.45) is 6.44. The Morgan fingerprint density at radius 1 is 1.53 bits per heavy atom. The molecular weight excluding hydrogens is 309 g/mol. The first-order chi connectivity index (χ1) is 7.76. The average molecular weight is 328 g/mol. The molecule has 2 rings (SSSR count). The van der Waals surface area contributed by atoms with Gasteiger partial charge in [0.1, 0.15) is 0 Å². The molecule has 0 N–H and O–H groups in total. The summed E-state index contributed by atoms with van der Waals surface area (Å²) in [5.41, 5.74) is 1.04. The van der Waals surface area contributed by atoms with Crippen molar-refractivity contribution in [3.05, 3.63) is 30.1 Å². The Labute approximate surface area is 130 Å². The minimum absolute atomic E-state index is 0. The van der Waals surface area contributed by atoms with E-state index in [1.807, 2.05) is 19.9 Å². The van der Waals surface area contributed by atoms with Crippen molar-refractivity contribution in [2.45, 2.75) is 31.9 Å². The Morgan fingerprint density at radius 2 is 2.24 bits per heavy atom. The van der Waals surface area contributed by atoms with Crippen molar-refractivity contribution in [1.29, 1.82) is 0 Å². The molecule has 0 bridgehead atoms. The van der Waals surface area contributed by atoms with Crippen molar-refractivity contribution in [3.8, 4) is 0 Å². The van der Waals surface area contributed by atoms with E-state index in [0.717, 1.165) is 24.2 Å². The van der Waals surface area contributed by atoms with Crippen LogP contribution in [0, 0.1) is 6.20 Å². The van der Waals surface area contributed by atoms with Crippen LogP contribution >= 0.6 is 0 Å². The van der Waals surface area contributed by atoms with Crippen LogP contribution in [0.4, 0.5) is 0 Å². The quantitative estimate of drug-likeness (QED) is 0.744. The first-order valence-electron chi connectivity index (χ1n) is 5.70. The fourth-order valence-corrected chi connectivity index (χ4v) is 4.32. The SMILES string of the molecule is CC.CN=S1(=O)CCCC1c1cc[c-]nc1.[Y]. The molecule has 1 radical (unpaired) electrons. The zero-order chi connectivity index (χ0) is 12.0. The summed E-state index contributed by atoms with van der Waals surface area (Å²) in [7, 11) is -0.358. The van der Waals surface area contributed by atoms with E-state index in [0.29, 0.717) is 0 Å². The Morgan fingerprint density at radius 3 is 2.76 bits per heavy atom. The van der Waals surface area contributed by atoms with Crippen molar-refractivity contribution in [3.63, 3.8) is 0 Å². The number of aromatic nitrogens is 1. The van der Waals surface area contributed by atoms with Gasteiger partial charge in [-0.1, -0.05) is 26.2 Å². The van der Waals surface area contributed by atoms with E-state index in [1.165, 1.54) is 0 Å². The van der Waals surface area contributed by atoms with Crippen LogP contribution in [-0.2, 0) is 42.4 Å². The third-order valence-corrected chi connectivity index (χ3v) is 5.56. The van der Waals surface area contributed by atoms with Crippen molar-refractivity contribution >= 4 is 9.73 Å². The van der Waals surface area contributed by atoms with Crippen LogP contribution in [0.2, 0.25) is 0 Å². The maximum atomic E-state index is 12.3. The molecule has 0 spiro atoms. The molecule has 1 fully saturated rings. The second-order valence-corrected chi connectivity index (χ2v) is 6.15. The Hall–Kier alpha value is 0.204. The molecule has 1 aromatic rings. The van der Waals surface area contributed by atoms with Crippen molar-refractivity contribution < 1.29 is 36.9 Å². The first kappa shape index (κ1) is 17.2. The summed E-state index contributed by atoms with van der Waals surface area (Å²) < 4.78 is 16.3. The molecule has 0 amide bonds. The zero-order valence-electron chi connectivity index (χ0n) is 10.7. The predicted octanol–water partition coefficient (Wildman–Crippen LogP) is 2.84. The van der Waals surface area contributed by atoms with Crippen LogP contribution in [0.25, 0.3) is 0 Å². The fourth-order valence-electron chi connectivity index (χ4n) is 1.92. The van der Waals surface area contributed by atoms with Gasteiger partial charge in [0.25, 0.3) is 0 Å². The Bertz CT molecular complexity index is 427. The van der Waals surface area contributed by atoms with Gasteiger partial charge in [-0.15, -0.1) is 5.56 Å². The first-order valence-corrected chi connectivity index (χ1v) is 7.45. The molecule has 1 aromatic heterocycles. The molecule has 0 aliphatic carbocycles. The van der Waals surface area contributed by atoms with Gasteiger partial charge in [0.2, 0.25) is 0 Å². The average Bonchev–Trinajstić information content (AvgIpc) is 2.76. The van der Waals surface area contributed by atoms with Crippen LogP contribution in [-0.4, -0.2) is 22.0 Å². The van der Waals surface area contributed by atoms with Gasteiger partial charge < -0.3 is 4.98 Å². The summed E-state index contributed by atoms with van der Waals surface area (Å²) in [5.74, 6) is 0.729. The van der Waals surface area contributed by atoms with E-state index in [-0.39, 0.29) is 38.0 Å². The number of pyridine rings is 1. The van der Waals surface area contributed by atoms with Crippen molar-refractivity contribution in [2.75, 3.05) is 12.8 Å². The van der Waals surface area contributed by atoms with Crippen molar-refractivity contribution in [2.24, 2.45) is 4.36 Å². The van der Waals surface area contributed by atoms with E-state index in [9.17, 15) is 4.21 Å². The molecule has 1 aliphatic heterocycles. The molecule has 1 saturated heterocycles. The second kappa shape index (κ2) is 8.33. The Balaban J connectivity index is 0.000000811. The number of hydrogen-bond donors (Lipinski definition) is 0. The molecule has 2 unspecified atom stereocenters. The topological polar surface area (TPSA) is 42.3 Å².